The Morgan fingerprint density at radius 1 is 1.12 bits per heavy atom. The van der Waals surface area contributed by atoms with Gasteiger partial charge >= 0.3 is 0 Å². The van der Waals surface area contributed by atoms with Crippen LogP contribution in [-0.4, -0.2) is 57.8 Å². The third kappa shape index (κ3) is 3.12. The highest BCUT2D eigenvalue weighted by molar-refractivity contribution is 7.00. The second-order valence-electron chi connectivity index (χ2n) is 5.81. The fourth-order valence-electron chi connectivity index (χ4n) is 2.95. The molecule has 0 atom stereocenters. The van der Waals surface area contributed by atoms with Crippen LogP contribution in [0.5, 0.6) is 5.75 Å². The average molecular weight is 355 g/mol. The van der Waals surface area contributed by atoms with Gasteiger partial charge in [0, 0.05) is 38.1 Å². The van der Waals surface area contributed by atoms with Crippen LogP contribution in [0.1, 0.15) is 10.4 Å². The highest BCUT2D eigenvalue weighted by Crippen LogP contribution is 2.21. The standard InChI is InChI=1S/C17H17N5O2S/c1-24-14-4-2-13(3-5-14)21-6-8-22(9-7-21)17(23)12-10-15-16(18-11-12)20-25-19-15/h2-5,10-11H,6-9H2,1H3. The van der Waals surface area contributed by atoms with Crippen LogP contribution in [0.4, 0.5) is 5.69 Å². The summed E-state index contributed by atoms with van der Waals surface area (Å²) in [5, 5.41) is 0. The largest absolute Gasteiger partial charge is 0.497 e. The van der Waals surface area contributed by atoms with Crippen molar-refractivity contribution < 1.29 is 9.53 Å². The number of amides is 1. The molecule has 128 valence electrons. The summed E-state index contributed by atoms with van der Waals surface area (Å²) in [5.41, 5.74) is 2.97. The van der Waals surface area contributed by atoms with E-state index in [2.05, 4.69) is 18.6 Å². The Labute approximate surface area is 149 Å². The molecule has 25 heavy (non-hydrogen) atoms. The third-order valence-corrected chi connectivity index (χ3v) is 4.90. The first-order valence-corrected chi connectivity index (χ1v) is 8.74. The number of benzene rings is 1. The zero-order valence-electron chi connectivity index (χ0n) is 13.8. The number of pyridine rings is 1. The molecule has 3 heterocycles. The molecule has 8 heteroatoms. The van der Waals surface area contributed by atoms with Crippen LogP contribution in [0.25, 0.3) is 11.2 Å². The van der Waals surface area contributed by atoms with Gasteiger partial charge in [-0.25, -0.2) is 4.98 Å². The molecule has 1 aliphatic rings. The Morgan fingerprint density at radius 2 is 1.88 bits per heavy atom. The molecule has 3 aromatic rings. The van der Waals surface area contributed by atoms with Crippen molar-refractivity contribution in [3.05, 3.63) is 42.1 Å². The van der Waals surface area contributed by atoms with Crippen molar-refractivity contribution in [3.8, 4) is 5.75 Å². The molecule has 1 aliphatic heterocycles. The van der Waals surface area contributed by atoms with E-state index in [9.17, 15) is 4.79 Å². The Morgan fingerprint density at radius 3 is 2.60 bits per heavy atom. The summed E-state index contributed by atoms with van der Waals surface area (Å²) in [4.78, 5) is 21.0. The third-order valence-electron chi connectivity index (χ3n) is 4.37. The van der Waals surface area contributed by atoms with E-state index < -0.39 is 0 Å². The van der Waals surface area contributed by atoms with Crippen LogP contribution in [-0.2, 0) is 0 Å². The van der Waals surface area contributed by atoms with Crippen molar-refractivity contribution in [2.24, 2.45) is 0 Å². The second-order valence-corrected chi connectivity index (χ2v) is 6.34. The van der Waals surface area contributed by atoms with Gasteiger partial charge in [0.2, 0.25) is 0 Å². The molecule has 1 aromatic carbocycles. The summed E-state index contributed by atoms with van der Waals surface area (Å²) in [5.74, 6) is 0.841. The SMILES string of the molecule is COc1ccc(N2CCN(C(=O)c3cnc4nsnc4c3)CC2)cc1. The maximum atomic E-state index is 12.7. The van der Waals surface area contributed by atoms with Gasteiger partial charge in [-0.1, -0.05) is 0 Å². The van der Waals surface area contributed by atoms with Gasteiger partial charge in [0.15, 0.2) is 5.65 Å². The zero-order valence-corrected chi connectivity index (χ0v) is 14.6. The summed E-state index contributed by atoms with van der Waals surface area (Å²) in [6.45, 7) is 2.95. The minimum absolute atomic E-state index is 0.00298. The summed E-state index contributed by atoms with van der Waals surface area (Å²) in [7, 11) is 1.66. The average Bonchev–Trinajstić information content (AvgIpc) is 3.15. The van der Waals surface area contributed by atoms with E-state index in [1.165, 1.54) is 0 Å². The highest BCUT2D eigenvalue weighted by atomic mass is 32.1. The lowest BCUT2D eigenvalue weighted by atomic mass is 10.2. The quantitative estimate of drug-likeness (QED) is 0.716. The summed E-state index contributed by atoms with van der Waals surface area (Å²) >= 11 is 1.11. The Balaban J connectivity index is 1.42. The van der Waals surface area contributed by atoms with Crippen molar-refractivity contribution >= 4 is 34.5 Å². The van der Waals surface area contributed by atoms with Crippen molar-refractivity contribution in [1.82, 2.24) is 18.6 Å². The fourth-order valence-corrected chi connectivity index (χ4v) is 3.43. The maximum Gasteiger partial charge on any atom is 0.255 e. The fraction of sp³-hybridized carbons (Fsp3) is 0.294. The second kappa shape index (κ2) is 6.64. The van der Waals surface area contributed by atoms with Gasteiger partial charge < -0.3 is 14.5 Å². The number of hydrogen-bond acceptors (Lipinski definition) is 7. The van der Waals surface area contributed by atoms with E-state index in [1.54, 1.807) is 19.4 Å². The number of carbonyl (C=O) groups excluding carboxylic acids is 1. The van der Waals surface area contributed by atoms with Crippen LogP contribution in [0.2, 0.25) is 0 Å². The lowest BCUT2D eigenvalue weighted by Crippen LogP contribution is -2.48. The van der Waals surface area contributed by atoms with Gasteiger partial charge in [-0.15, -0.1) is 0 Å². The van der Waals surface area contributed by atoms with E-state index >= 15 is 0 Å². The van der Waals surface area contributed by atoms with Gasteiger partial charge in [-0.3, -0.25) is 4.79 Å². The van der Waals surface area contributed by atoms with E-state index in [4.69, 9.17) is 4.74 Å². The minimum atomic E-state index is -0.00298. The first-order valence-electron chi connectivity index (χ1n) is 8.01. The number of hydrogen-bond donors (Lipinski definition) is 0. The molecule has 0 spiro atoms. The summed E-state index contributed by atoms with van der Waals surface area (Å²) < 4.78 is 13.4. The maximum absolute atomic E-state index is 12.7. The molecule has 1 amide bonds. The topological polar surface area (TPSA) is 71.5 Å². The van der Waals surface area contributed by atoms with Gasteiger partial charge in [-0.2, -0.15) is 8.75 Å². The van der Waals surface area contributed by atoms with Gasteiger partial charge in [0.25, 0.3) is 5.91 Å². The number of fused-ring (bicyclic) bond motifs is 1. The molecule has 0 aliphatic carbocycles. The van der Waals surface area contributed by atoms with Crippen molar-refractivity contribution in [3.63, 3.8) is 0 Å². The molecular weight excluding hydrogens is 338 g/mol. The molecule has 1 fully saturated rings. The van der Waals surface area contributed by atoms with Crippen LogP contribution in [0.15, 0.2) is 36.5 Å². The molecule has 1 saturated heterocycles. The van der Waals surface area contributed by atoms with Crippen molar-refractivity contribution in [1.29, 1.82) is 0 Å². The molecule has 0 radical (unpaired) electrons. The number of methoxy groups -OCH3 is 1. The number of carbonyl (C=O) groups is 1. The number of rotatable bonds is 3. The molecule has 0 N–H and O–H groups in total. The number of nitrogens with zero attached hydrogens (tertiary/aromatic N) is 5. The molecule has 2 aromatic heterocycles. The molecule has 0 saturated carbocycles. The molecule has 4 rings (SSSR count). The van der Waals surface area contributed by atoms with Crippen molar-refractivity contribution in [2.75, 3.05) is 38.2 Å². The van der Waals surface area contributed by atoms with Crippen molar-refractivity contribution in [2.45, 2.75) is 0 Å². The normalized spacial score (nSPS) is 14.8. The van der Waals surface area contributed by atoms with E-state index in [0.717, 1.165) is 36.3 Å². The van der Waals surface area contributed by atoms with Crippen LogP contribution in [0, 0.1) is 0 Å². The number of ether oxygens (including phenoxy) is 1. The van der Waals surface area contributed by atoms with E-state index in [0.29, 0.717) is 29.8 Å². The Kier molecular flexibility index (Phi) is 4.19. The molecule has 7 nitrogen and oxygen atoms in total. The summed E-state index contributed by atoms with van der Waals surface area (Å²) in [6, 6.07) is 9.77. The Bertz CT molecular complexity index is 887. The minimum Gasteiger partial charge on any atom is -0.497 e. The van der Waals surface area contributed by atoms with E-state index in [-0.39, 0.29) is 5.91 Å². The predicted octanol–water partition coefficient (Wildman–Crippen LogP) is 2.06. The lowest BCUT2D eigenvalue weighted by Gasteiger charge is -2.36. The summed E-state index contributed by atoms with van der Waals surface area (Å²) in [6.07, 6.45) is 1.59. The molecule has 0 unspecified atom stereocenters. The van der Waals surface area contributed by atoms with Crippen LogP contribution in [0.3, 0.4) is 0 Å². The molecular formula is C17H17N5O2S. The van der Waals surface area contributed by atoms with E-state index in [1.807, 2.05) is 29.2 Å². The monoisotopic (exact) mass is 355 g/mol. The first-order chi connectivity index (χ1) is 12.2. The lowest BCUT2D eigenvalue weighted by molar-refractivity contribution is 0.0746. The van der Waals surface area contributed by atoms with Gasteiger partial charge in [0.1, 0.15) is 11.3 Å². The zero-order chi connectivity index (χ0) is 17.2. The Hall–Kier alpha value is -2.74. The van der Waals surface area contributed by atoms with Crippen LogP contribution < -0.4 is 9.64 Å². The smallest absolute Gasteiger partial charge is 0.255 e. The number of anilines is 1. The molecule has 0 bridgehead atoms. The number of aromatic nitrogens is 3. The number of piperazine rings is 1. The van der Waals surface area contributed by atoms with Gasteiger partial charge in [-0.05, 0) is 30.3 Å². The van der Waals surface area contributed by atoms with Gasteiger partial charge in [0.05, 0.1) is 24.4 Å². The van der Waals surface area contributed by atoms with Crippen LogP contribution >= 0.6 is 11.7 Å². The predicted molar refractivity (Wildman–Crippen MR) is 96.3 cm³/mol. The first kappa shape index (κ1) is 15.8. The highest BCUT2D eigenvalue weighted by Gasteiger charge is 2.23.